The molecule has 7 nitrogen and oxygen atoms in total. The molecule has 2 aromatic rings. The molecule has 0 radical (unpaired) electrons. The zero-order valence-electron chi connectivity index (χ0n) is 14.2. The van der Waals surface area contributed by atoms with E-state index in [-0.39, 0.29) is 23.1 Å². The highest BCUT2D eigenvalue weighted by atomic mass is 32.1. The predicted octanol–water partition coefficient (Wildman–Crippen LogP) is 1.08. The second kappa shape index (κ2) is 6.42. The van der Waals surface area contributed by atoms with Crippen molar-refractivity contribution < 1.29 is 9.53 Å². The number of carbonyl (C=O) groups excluding carboxylic acids is 1. The molecule has 0 saturated carbocycles. The Morgan fingerprint density at radius 1 is 1.40 bits per heavy atom. The fraction of sp³-hybridized carbons (Fsp3) is 0.588. The number of nitrogens with one attached hydrogen (secondary N) is 1. The summed E-state index contributed by atoms with van der Waals surface area (Å²) >= 11 is 1.42. The van der Waals surface area contributed by atoms with Gasteiger partial charge in [-0.1, -0.05) is 6.92 Å². The van der Waals surface area contributed by atoms with Gasteiger partial charge in [0.1, 0.15) is 4.83 Å². The zero-order chi connectivity index (χ0) is 17.6. The molecule has 1 saturated heterocycles. The molecule has 25 heavy (non-hydrogen) atoms. The fourth-order valence-corrected chi connectivity index (χ4v) is 4.96. The van der Waals surface area contributed by atoms with E-state index in [1.54, 1.807) is 0 Å². The van der Waals surface area contributed by atoms with Crippen LogP contribution >= 0.6 is 11.3 Å². The number of hydrogen-bond donors (Lipinski definition) is 1. The van der Waals surface area contributed by atoms with Gasteiger partial charge in [-0.2, -0.15) is 0 Å². The maximum atomic E-state index is 12.7. The molecular weight excluding hydrogens is 342 g/mol. The number of hydrogen-bond acceptors (Lipinski definition) is 5. The minimum atomic E-state index is -0.353. The molecule has 134 valence electrons. The van der Waals surface area contributed by atoms with Gasteiger partial charge in [-0.25, -0.2) is 4.79 Å². The molecule has 1 atom stereocenters. The van der Waals surface area contributed by atoms with Crippen molar-refractivity contribution in [3.8, 4) is 0 Å². The van der Waals surface area contributed by atoms with Gasteiger partial charge in [-0.05, 0) is 24.8 Å². The molecule has 2 aliphatic rings. The molecule has 2 aliphatic heterocycles. The Labute approximate surface area is 148 Å². The van der Waals surface area contributed by atoms with Crippen LogP contribution < -0.4 is 11.2 Å². The van der Waals surface area contributed by atoms with Crippen LogP contribution in [0.25, 0.3) is 10.2 Å². The van der Waals surface area contributed by atoms with Gasteiger partial charge >= 0.3 is 5.69 Å². The van der Waals surface area contributed by atoms with Crippen LogP contribution in [0, 0.1) is 5.92 Å². The van der Waals surface area contributed by atoms with Crippen molar-refractivity contribution in [1.82, 2.24) is 14.5 Å². The van der Waals surface area contributed by atoms with Crippen LogP contribution in [-0.4, -0.2) is 40.1 Å². The Balaban J connectivity index is 1.71. The first-order valence-corrected chi connectivity index (χ1v) is 9.55. The van der Waals surface area contributed by atoms with Crippen molar-refractivity contribution in [2.75, 3.05) is 19.8 Å². The first kappa shape index (κ1) is 16.5. The van der Waals surface area contributed by atoms with Crippen molar-refractivity contribution in [2.24, 2.45) is 5.92 Å². The lowest BCUT2D eigenvalue weighted by molar-refractivity contribution is -0.136. The average Bonchev–Trinajstić information content (AvgIpc) is 3.24. The summed E-state index contributed by atoms with van der Waals surface area (Å²) in [6.07, 6.45) is 2.16. The zero-order valence-corrected chi connectivity index (χ0v) is 15.0. The molecule has 0 spiro atoms. The van der Waals surface area contributed by atoms with Crippen LogP contribution in [0.15, 0.2) is 9.59 Å². The third kappa shape index (κ3) is 2.73. The molecule has 1 amide bonds. The Hall–Kier alpha value is -1.93. The minimum absolute atomic E-state index is 0.0440. The Bertz CT molecular complexity index is 936. The van der Waals surface area contributed by atoms with E-state index in [9.17, 15) is 14.4 Å². The second-order valence-electron chi connectivity index (χ2n) is 6.67. The van der Waals surface area contributed by atoms with E-state index in [0.717, 1.165) is 23.3 Å². The normalized spacial score (nSPS) is 20.2. The van der Waals surface area contributed by atoms with E-state index in [0.29, 0.717) is 49.5 Å². The third-order valence-electron chi connectivity index (χ3n) is 5.02. The number of thiophene rings is 1. The highest BCUT2D eigenvalue weighted by Crippen LogP contribution is 2.32. The number of aromatic amines is 1. The lowest BCUT2D eigenvalue weighted by atomic mass is 10.0. The quantitative estimate of drug-likeness (QED) is 0.884. The van der Waals surface area contributed by atoms with Crippen molar-refractivity contribution in [2.45, 2.75) is 39.3 Å². The highest BCUT2D eigenvalue weighted by molar-refractivity contribution is 7.18. The molecule has 0 bridgehead atoms. The van der Waals surface area contributed by atoms with Crippen molar-refractivity contribution in [1.29, 1.82) is 0 Å². The number of aromatic nitrogens is 2. The molecule has 0 aromatic carbocycles. The fourth-order valence-electron chi connectivity index (χ4n) is 3.71. The van der Waals surface area contributed by atoms with Crippen LogP contribution in [0.4, 0.5) is 0 Å². The molecule has 4 heterocycles. The van der Waals surface area contributed by atoms with Gasteiger partial charge in [-0.15, -0.1) is 11.3 Å². The minimum Gasteiger partial charge on any atom is -0.381 e. The van der Waals surface area contributed by atoms with Gasteiger partial charge in [0.05, 0.1) is 24.5 Å². The molecular formula is C17H21N3O4S. The number of amides is 1. The molecule has 2 aromatic heterocycles. The predicted molar refractivity (Wildman–Crippen MR) is 95.0 cm³/mol. The average molecular weight is 363 g/mol. The Morgan fingerprint density at radius 2 is 2.24 bits per heavy atom. The van der Waals surface area contributed by atoms with E-state index >= 15 is 0 Å². The highest BCUT2D eigenvalue weighted by Gasteiger charge is 2.32. The standard InChI is InChI=1S/C17H21N3O4S/c1-2-5-20-16(22)13-11-3-6-19(15(21)10-4-7-24-9-10)8-12(11)25-14(13)18-17(20)23/h10H,2-9H2,1H3,(H,18,23)/t10-/m1/s1. The van der Waals surface area contributed by atoms with Crippen molar-refractivity contribution >= 4 is 27.5 Å². The summed E-state index contributed by atoms with van der Waals surface area (Å²) in [5.74, 6) is 0.0926. The molecule has 4 rings (SSSR count). The third-order valence-corrected chi connectivity index (χ3v) is 6.15. The van der Waals surface area contributed by atoms with Crippen LogP contribution in [-0.2, 0) is 29.0 Å². The van der Waals surface area contributed by atoms with E-state index in [2.05, 4.69) is 4.98 Å². The lowest BCUT2D eigenvalue weighted by Crippen LogP contribution is -2.40. The summed E-state index contributed by atoms with van der Waals surface area (Å²) in [5.41, 5.74) is 0.439. The first-order chi connectivity index (χ1) is 12.1. The number of rotatable bonds is 3. The topological polar surface area (TPSA) is 84.4 Å². The molecule has 1 fully saturated rings. The van der Waals surface area contributed by atoms with Crippen LogP contribution in [0.5, 0.6) is 0 Å². The Morgan fingerprint density at radius 3 is 2.96 bits per heavy atom. The van der Waals surface area contributed by atoms with E-state index < -0.39 is 0 Å². The molecule has 0 aliphatic carbocycles. The van der Waals surface area contributed by atoms with Crippen LogP contribution in [0.2, 0.25) is 0 Å². The smallest absolute Gasteiger partial charge is 0.329 e. The molecule has 0 unspecified atom stereocenters. The lowest BCUT2D eigenvalue weighted by Gasteiger charge is -2.28. The van der Waals surface area contributed by atoms with Gasteiger partial charge in [-0.3, -0.25) is 19.1 Å². The van der Waals surface area contributed by atoms with Gasteiger partial charge in [0, 0.05) is 24.6 Å². The number of H-pyrrole nitrogens is 1. The first-order valence-electron chi connectivity index (χ1n) is 8.74. The van der Waals surface area contributed by atoms with E-state index in [1.807, 2.05) is 11.8 Å². The van der Waals surface area contributed by atoms with Gasteiger partial charge in [0.2, 0.25) is 5.91 Å². The number of ether oxygens (including phenoxy) is 1. The van der Waals surface area contributed by atoms with E-state index in [4.69, 9.17) is 4.74 Å². The van der Waals surface area contributed by atoms with Gasteiger partial charge in [0.15, 0.2) is 0 Å². The maximum absolute atomic E-state index is 12.7. The number of carbonyl (C=O) groups is 1. The summed E-state index contributed by atoms with van der Waals surface area (Å²) in [6.45, 7) is 4.64. The Kier molecular flexibility index (Phi) is 4.24. The summed E-state index contributed by atoms with van der Waals surface area (Å²) in [5, 5.41) is 0.629. The maximum Gasteiger partial charge on any atom is 0.329 e. The SMILES string of the molecule is CCCn1c(=O)[nH]c2sc3c(c2c1=O)CCN(C(=O)[C@@H]1CCOC1)C3. The molecule has 8 heteroatoms. The van der Waals surface area contributed by atoms with Gasteiger partial charge in [0.25, 0.3) is 5.56 Å². The largest absolute Gasteiger partial charge is 0.381 e. The van der Waals surface area contributed by atoms with Crippen molar-refractivity contribution in [3.05, 3.63) is 31.3 Å². The monoisotopic (exact) mass is 363 g/mol. The number of fused-ring (bicyclic) bond motifs is 3. The van der Waals surface area contributed by atoms with E-state index in [1.165, 1.54) is 15.9 Å². The summed E-state index contributed by atoms with van der Waals surface area (Å²) in [7, 11) is 0. The molecule has 1 N–H and O–H groups in total. The summed E-state index contributed by atoms with van der Waals surface area (Å²) in [4.78, 5) is 43.8. The summed E-state index contributed by atoms with van der Waals surface area (Å²) in [6, 6.07) is 0. The summed E-state index contributed by atoms with van der Waals surface area (Å²) < 4.78 is 6.60. The van der Waals surface area contributed by atoms with Crippen LogP contribution in [0.3, 0.4) is 0 Å². The van der Waals surface area contributed by atoms with Crippen molar-refractivity contribution in [3.63, 3.8) is 0 Å². The van der Waals surface area contributed by atoms with Gasteiger partial charge < -0.3 is 9.64 Å². The van der Waals surface area contributed by atoms with Crippen LogP contribution in [0.1, 0.15) is 30.2 Å². The number of nitrogens with zero attached hydrogens (tertiary/aromatic N) is 2. The second-order valence-corrected chi connectivity index (χ2v) is 7.77.